The van der Waals surface area contributed by atoms with Crippen LogP contribution in [0.2, 0.25) is 0 Å². The molecule has 15 unspecified atom stereocenters. The fourth-order valence-corrected chi connectivity index (χ4v) is 10.2. The monoisotopic (exact) mass is 568 g/mol. The van der Waals surface area contributed by atoms with Gasteiger partial charge in [0, 0.05) is 6.42 Å². The number of carboxylic acids is 2. The van der Waals surface area contributed by atoms with Crippen molar-refractivity contribution < 1.29 is 49.7 Å². The Bertz CT molecular complexity index is 959. The third-order valence-corrected chi connectivity index (χ3v) is 12.3. The van der Waals surface area contributed by atoms with Gasteiger partial charge in [-0.3, -0.25) is 4.79 Å². The number of aliphatic carboxylic acids is 2. The molecule has 6 N–H and O–H groups in total. The minimum Gasteiger partial charge on any atom is -0.481 e. The first-order valence-electron chi connectivity index (χ1n) is 15.3. The molecule has 0 aromatic carbocycles. The molecule has 4 saturated carbocycles. The van der Waals surface area contributed by atoms with E-state index in [9.17, 15) is 40.2 Å². The van der Waals surface area contributed by atoms with Crippen LogP contribution in [-0.4, -0.2) is 85.5 Å². The Morgan fingerprint density at radius 1 is 0.900 bits per heavy atom. The molecule has 228 valence electrons. The number of aliphatic hydroxyl groups excluding tert-OH is 4. The van der Waals surface area contributed by atoms with E-state index in [1.165, 1.54) is 0 Å². The highest BCUT2D eigenvalue weighted by atomic mass is 16.7. The lowest BCUT2D eigenvalue weighted by molar-refractivity contribution is -0.310. The molecule has 5 aliphatic rings. The number of aliphatic hydroxyl groups is 4. The number of hydrogen-bond acceptors (Lipinski definition) is 8. The largest absolute Gasteiger partial charge is 0.481 e. The average Bonchev–Trinajstić information content (AvgIpc) is 3.25. The van der Waals surface area contributed by atoms with Gasteiger partial charge in [-0.1, -0.05) is 20.8 Å². The SMILES string of the molecule is CC(CCC(=O)O)C1CCC2C3C(O)CC4CC(OC5OC(C(=O)O)C(O)C(O)C5O)CCC4(C)C3CCC12C. The molecule has 0 spiro atoms. The highest BCUT2D eigenvalue weighted by Crippen LogP contribution is 2.68. The van der Waals surface area contributed by atoms with Crippen molar-refractivity contribution in [1.82, 2.24) is 0 Å². The Morgan fingerprint density at radius 2 is 1.57 bits per heavy atom. The average molecular weight is 569 g/mol. The molecular weight excluding hydrogens is 520 g/mol. The summed E-state index contributed by atoms with van der Waals surface area (Å²) in [5.41, 5.74) is 0.146. The van der Waals surface area contributed by atoms with E-state index in [0.717, 1.165) is 32.1 Å². The summed E-state index contributed by atoms with van der Waals surface area (Å²) in [6.45, 7) is 6.95. The van der Waals surface area contributed by atoms with Gasteiger partial charge in [0.15, 0.2) is 12.4 Å². The second-order valence-electron chi connectivity index (χ2n) is 14.2. The molecule has 1 heterocycles. The minimum absolute atomic E-state index is 0.0312. The Labute approximate surface area is 236 Å². The molecule has 15 atom stereocenters. The van der Waals surface area contributed by atoms with Crippen LogP contribution in [0.25, 0.3) is 0 Å². The fraction of sp³-hybridized carbons (Fsp3) is 0.933. The Kier molecular flexibility index (Phi) is 8.36. The standard InChI is InChI=1S/C30H48O10/c1-14(4-7-21(32)33)17-5-6-18-22-19(9-11-30(17,18)3)29(2)10-8-16(12-15(29)13-20(22)31)39-28-25(36)23(34)24(35)26(40-28)27(37)38/h14-20,22-26,28,31,34-36H,4-13H2,1-3H3,(H,32,33)(H,37,38). The third kappa shape index (κ3) is 5.00. The summed E-state index contributed by atoms with van der Waals surface area (Å²) in [6, 6.07) is 0. The van der Waals surface area contributed by atoms with Gasteiger partial charge in [0.25, 0.3) is 0 Å². The van der Waals surface area contributed by atoms with Crippen molar-refractivity contribution in [2.45, 2.75) is 128 Å². The second-order valence-corrected chi connectivity index (χ2v) is 14.2. The Balaban J connectivity index is 1.27. The summed E-state index contributed by atoms with van der Waals surface area (Å²) in [7, 11) is 0. The van der Waals surface area contributed by atoms with Crippen LogP contribution in [0.5, 0.6) is 0 Å². The van der Waals surface area contributed by atoms with E-state index < -0.39 is 48.7 Å². The van der Waals surface area contributed by atoms with Crippen molar-refractivity contribution in [2.24, 2.45) is 46.3 Å². The van der Waals surface area contributed by atoms with Gasteiger partial charge in [-0.25, -0.2) is 4.79 Å². The highest BCUT2D eigenvalue weighted by Gasteiger charge is 2.63. The van der Waals surface area contributed by atoms with Gasteiger partial charge in [-0.05, 0) is 104 Å². The van der Waals surface area contributed by atoms with Gasteiger partial charge in [0.2, 0.25) is 0 Å². The van der Waals surface area contributed by atoms with E-state index >= 15 is 0 Å². The summed E-state index contributed by atoms with van der Waals surface area (Å²) in [6.07, 6.45) is -0.687. The van der Waals surface area contributed by atoms with Crippen molar-refractivity contribution in [3.05, 3.63) is 0 Å². The summed E-state index contributed by atoms with van der Waals surface area (Å²) < 4.78 is 11.4. The lowest BCUT2D eigenvalue weighted by Crippen LogP contribution is -2.61. The first-order valence-corrected chi connectivity index (χ1v) is 15.3. The summed E-state index contributed by atoms with van der Waals surface area (Å²) in [5.74, 6) is -0.107. The molecule has 0 aromatic rings. The van der Waals surface area contributed by atoms with Gasteiger partial charge < -0.3 is 40.1 Å². The van der Waals surface area contributed by atoms with Crippen molar-refractivity contribution in [1.29, 1.82) is 0 Å². The third-order valence-electron chi connectivity index (χ3n) is 12.3. The van der Waals surface area contributed by atoms with Crippen LogP contribution in [-0.2, 0) is 19.1 Å². The Morgan fingerprint density at radius 3 is 2.25 bits per heavy atom. The Hall–Kier alpha value is -1.30. The molecule has 0 bridgehead atoms. The molecule has 0 aromatic heterocycles. The van der Waals surface area contributed by atoms with Crippen LogP contribution in [0.3, 0.4) is 0 Å². The zero-order valence-corrected chi connectivity index (χ0v) is 23.9. The molecular formula is C30H48O10. The molecule has 0 radical (unpaired) electrons. The van der Waals surface area contributed by atoms with Gasteiger partial charge in [0.05, 0.1) is 12.2 Å². The van der Waals surface area contributed by atoms with Gasteiger partial charge in [-0.15, -0.1) is 0 Å². The summed E-state index contributed by atoms with van der Waals surface area (Å²) in [4.78, 5) is 22.7. The molecule has 0 amide bonds. The maximum absolute atomic E-state index is 11.6. The summed E-state index contributed by atoms with van der Waals surface area (Å²) in [5, 5.41) is 60.8. The van der Waals surface area contributed by atoms with Crippen molar-refractivity contribution in [2.75, 3.05) is 0 Å². The maximum Gasteiger partial charge on any atom is 0.335 e. The number of hydrogen-bond donors (Lipinski definition) is 6. The van der Waals surface area contributed by atoms with Gasteiger partial charge in [-0.2, -0.15) is 0 Å². The molecule has 4 aliphatic carbocycles. The molecule has 1 aliphatic heterocycles. The van der Waals surface area contributed by atoms with E-state index in [0.29, 0.717) is 49.4 Å². The van der Waals surface area contributed by atoms with Crippen LogP contribution < -0.4 is 0 Å². The fourth-order valence-electron chi connectivity index (χ4n) is 10.2. The highest BCUT2D eigenvalue weighted by molar-refractivity contribution is 5.73. The second kappa shape index (κ2) is 11.1. The van der Waals surface area contributed by atoms with E-state index in [1.807, 2.05) is 0 Å². The smallest absolute Gasteiger partial charge is 0.335 e. The van der Waals surface area contributed by atoms with Crippen molar-refractivity contribution in [3.8, 4) is 0 Å². The lowest BCUT2D eigenvalue weighted by Gasteiger charge is -2.62. The van der Waals surface area contributed by atoms with Crippen LogP contribution >= 0.6 is 0 Å². The quantitative estimate of drug-likeness (QED) is 0.250. The van der Waals surface area contributed by atoms with E-state index in [1.54, 1.807) is 0 Å². The molecule has 10 nitrogen and oxygen atoms in total. The molecule has 10 heteroatoms. The van der Waals surface area contributed by atoms with Gasteiger partial charge >= 0.3 is 11.9 Å². The van der Waals surface area contributed by atoms with Gasteiger partial charge in [0.1, 0.15) is 18.3 Å². The number of carbonyl (C=O) groups is 2. The maximum atomic E-state index is 11.6. The summed E-state index contributed by atoms with van der Waals surface area (Å²) >= 11 is 0. The van der Waals surface area contributed by atoms with Crippen LogP contribution in [0, 0.1) is 46.3 Å². The predicted octanol–water partition coefficient (Wildman–Crippen LogP) is 2.39. The lowest BCUT2D eigenvalue weighted by atomic mass is 9.43. The minimum atomic E-state index is -1.75. The number of carboxylic acid groups (broad SMARTS) is 2. The van der Waals surface area contributed by atoms with E-state index in [2.05, 4.69) is 20.8 Å². The van der Waals surface area contributed by atoms with Crippen LogP contribution in [0.4, 0.5) is 0 Å². The number of fused-ring (bicyclic) bond motifs is 5. The van der Waals surface area contributed by atoms with Crippen LogP contribution in [0.1, 0.15) is 85.0 Å². The number of rotatable bonds is 7. The van der Waals surface area contributed by atoms with E-state index in [-0.39, 0.29) is 35.2 Å². The first-order chi connectivity index (χ1) is 18.8. The van der Waals surface area contributed by atoms with Crippen molar-refractivity contribution in [3.63, 3.8) is 0 Å². The topological polar surface area (TPSA) is 174 Å². The van der Waals surface area contributed by atoms with E-state index in [4.69, 9.17) is 9.47 Å². The molecule has 1 saturated heterocycles. The van der Waals surface area contributed by atoms with Crippen LogP contribution in [0.15, 0.2) is 0 Å². The van der Waals surface area contributed by atoms with Crippen molar-refractivity contribution >= 4 is 11.9 Å². The predicted molar refractivity (Wildman–Crippen MR) is 142 cm³/mol. The normalized spacial score (nSPS) is 51.3. The first kappa shape index (κ1) is 30.2. The molecule has 40 heavy (non-hydrogen) atoms. The zero-order chi connectivity index (χ0) is 29.1. The molecule has 5 rings (SSSR count). The zero-order valence-electron chi connectivity index (χ0n) is 23.9. The number of ether oxygens (including phenoxy) is 2. The molecule has 5 fully saturated rings.